The highest BCUT2D eigenvalue weighted by atomic mass is 16.6. The minimum atomic E-state index is -0.760. The highest BCUT2D eigenvalue weighted by Gasteiger charge is 2.19. The second-order valence-corrected chi connectivity index (χ2v) is 16.1. The molecule has 302 valence electrons. The highest BCUT2D eigenvalue weighted by Crippen LogP contribution is 2.17. The molecule has 0 aliphatic rings. The number of ether oxygens (including phenoxy) is 3. The molecule has 0 aromatic rings. The van der Waals surface area contributed by atoms with Crippen LogP contribution in [-0.4, -0.2) is 37.2 Å². The van der Waals surface area contributed by atoms with E-state index in [1.54, 1.807) is 0 Å². The van der Waals surface area contributed by atoms with Gasteiger partial charge in [-0.3, -0.25) is 14.4 Å². The quantitative estimate of drug-likeness (QED) is 0.0357. The molecule has 1 unspecified atom stereocenters. The monoisotopic (exact) mass is 723 g/mol. The van der Waals surface area contributed by atoms with Crippen molar-refractivity contribution >= 4 is 17.9 Å². The third kappa shape index (κ3) is 38.0. The summed E-state index contributed by atoms with van der Waals surface area (Å²) in [6.07, 6.45) is 35.2. The molecule has 0 spiro atoms. The Labute approximate surface area is 317 Å². The van der Waals surface area contributed by atoms with E-state index in [4.69, 9.17) is 14.2 Å². The minimum Gasteiger partial charge on any atom is -0.462 e. The van der Waals surface area contributed by atoms with Crippen LogP contribution in [0, 0.1) is 11.8 Å². The second kappa shape index (κ2) is 38.1. The van der Waals surface area contributed by atoms with Crippen LogP contribution in [-0.2, 0) is 28.6 Å². The molecular formula is C45H86O6. The molecule has 0 aliphatic heterocycles. The van der Waals surface area contributed by atoms with E-state index < -0.39 is 6.10 Å². The van der Waals surface area contributed by atoms with Gasteiger partial charge in [0.05, 0.1) is 0 Å². The summed E-state index contributed by atoms with van der Waals surface area (Å²) in [6.45, 7) is 11.3. The maximum Gasteiger partial charge on any atom is 0.306 e. The summed E-state index contributed by atoms with van der Waals surface area (Å²) >= 11 is 0. The normalized spacial score (nSPS) is 12.6. The topological polar surface area (TPSA) is 78.9 Å². The molecule has 0 fully saturated rings. The van der Waals surface area contributed by atoms with E-state index in [-0.39, 0.29) is 31.1 Å². The van der Waals surface area contributed by atoms with Crippen LogP contribution in [0.5, 0.6) is 0 Å². The molecule has 0 bridgehead atoms. The summed E-state index contributed by atoms with van der Waals surface area (Å²) in [4.78, 5) is 37.6. The molecule has 0 saturated carbocycles. The zero-order chi connectivity index (χ0) is 37.6. The van der Waals surface area contributed by atoms with Gasteiger partial charge in [0.2, 0.25) is 0 Å². The SMILES string of the molecule is CCCCCCCCCCCC(=O)OC[C@H](COC(=O)CCCCCCCCCC(C)C)OC(=O)CCCCCCCCCCCCC(C)CC. The van der Waals surface area contributed by atoms with Crippen LogP contribution >= 0.6 is 0 Å². The van der Waals surface area contributed by atoms with Crippen LogP contribution in [0.25, 0.3) is 0 Å². The van der Waals surface area contributed by atoms with Crippen molar-refractivity contribution in [3.63, 3.8) is 0 Å². The fraction of sp³-hybridized carbons (Fsp3) is 0.933. The van der Waals surface area contributed by atoms with Crippen LogP contribution < -0.4 is 0 Å². The average molecular weight is 723 g/mol. The van der Waals surface area contributed by atoms with E-state index in [0.717, 1.165) is 69.6 Å². The first-order valence-electron chi connectivity index (χ1n) is 22.3. The zero-order valence-corrected chi connectivity index (χ0v) is 34.7. The Morgan fingerprint density at radius 1 is 0.412 bits per heavy atom. The van der Waals surface area contributed by atoms with Crippen molar-refractivity contribution in [1.29, 1.82) is 0 Å². The Hall–Kier alpha value is -1.59. The summed E-state index contributed by atoms with van der Waals surface area (Å²) in [6, 6.07) is 0. The molecule has 0 heterocycles. The lowest BCUT2D eigenvalue weighted by molar-refractivity contribution is -0.167. The minimum absolute atomic E-state index is 0.0658. The smallest absolute Gasteiger partial charge is 0.306 e. The van der Waals surface area contributed by atoms with E-state index in [1.807, 2.05) is 0 Å². The summed E-state index contributed by atoms with van der Waals surface area (Å²) in [5.74, 6) is 0.785. The molecule has 0 amide bonds. The van der Waals surface area contributed by atoms with Crippen molar-refractivity contribution in [1.82, 2.24) is 0 Å². The maximum absolute atomic E-state index is 12.7. The molecule has 6 heteroatoms. The fourth-order valence-corrected chi connectivity index (χ4v) is 6.54. The van der Waals surface area contributed by atoms with E-state index in [9.17, 15) is 14.4 Å². The van der Waals surface area contributed by atoms with E-state index in [0.29, 0.717) is 19.3 Å². The van der Waals surface area contributed by atoms with Gasteiger partial charge in [0.1, 0.15) is 13.2 Å². The molecule has 0 aromatic carbocycles. The summed E-state index contributed by atoms with van der Waals surface area (Å²) < 4.78 is 16.7. The Morgan fingerprint density at radius 3 is 1.12 bits per heavy atom. The molecule has 0 rings (SSSR count). The number of unbranched alkanes of at least 4 members (excludes halogenated alkanes) is 23. The van der Waals surface area contributed by atoms with E-state index in [1.165, 1.54) is 128 Å². The Balaban J connectivity index is 4.33. The van der Waals surface area contributed by atoms with Crippen LogP contribution in [0.4, 0.5) is 0 Å². The molecule has 0 saturated heterocycles. The van der Waals surface area contributed by atoms with Gasteiger partial charge < -0.3 is 14.2 Å². The van der Waals surface area contributed by atoms with E-state index in [2.05, 4.69) is 34.6 Å². The fourth-order valence-electron chi connectivity index (χ4n) is 6.54. The first-order chi connectivity index (χ1) is 24.8. The van der Waals surface area contributed by atoms with Crippen molar-refractivity contribution in [3.05, 3.63) is 0 Å². The first-order valence-corrected chi connectivity index (χ1v) is 22.3. The lowest BCUT2D eigenvalue weighted by Crippen LogP contribution is -2.30. The number of hydrogen-bond donors (Lipinski definition) is 0. The molecule has 2 atom stereocenters. The first kappa shape index (κ1) is 49.4. The van der Waals surface area contributed by atoms with Gasteiger partial charge in [-0.05, 0) is 31.1 Å². The van der Waals surface area contributed by atoms with Crippen LogP contribution in [0.2, 0.25) is 0 Å². The van der Waals surface area contributed by atoms with Gasteiger partial charge >= 0.3 is 17.9 Å². The summed E-state index contributed by atoms with van der Waals surface area (Å²) in [7, 11) is 0. The molecular weight excluding hydrogens is 636 g/mol. The molecule has 0 aliphatic carbocycles. The number of rotatable bonds is 39. The van der Waals surface area contributed by atoms with Gasteiger partial charge in [0, 0.05) is 19.3 Å². The van der Waals surface area contributed by atoms with Gasteiger partial charge in [-0.2, -0.15) is 0 Å². The van der Waals surface area contributed by atoms with Gasteiger partial charge in [-0.1, -0.05) is 202 Å². The predicted octanol–water partition coefficient (Wildman–Crippen LogP) is 13.8. The van der Waals surface area contributed by atoms with Crippen molar-refractivity contribution in [2.75, 3.05) is 13.2 Å². The van der Waals surface area contributed by atoms with Crippen molar-refractivity contribution in [2.45, 2.75) is 246 Å². The zero-order valence-electron chi connectivity index (χ0n) is 34.7. The van der Waals surface area contributed by atoms with Gasteiger partial charge in [0.25, 0.3) is 0 Å². The number of hydrogen-bond acceptors (Lipinski definition) is 6. The van der Waals surface area contributed by atoms with Crippen molar-refractivity contribution < 1.29 is 28.6 Å². The molecule has 51 heavy (non-hydrogen) atoms. The average Bonchev–Trinajstić information content (AvgIpc) is 3.11. The Kier molecular flexibility index (Phi) is 37.0. The van der Waals surface area contributed by atoms with Crippen molar-refractivity contribution in [2.24, 2.45) is 11.8 Å². The Bertz CT molecular complexity index is 781. The van der Waals surface area contributed by atoms with Crippen molar-refractivity contribution in [3.8, 4) is 0 Å². The highest BCUT2D eigenvalue weighted by molar-refractivity contribution is 5.71. The maximum atomic E-state index is 12.7. The van der Waals surface area contributed by atoms with E-state index >= 15 is 0 Å². The third-order valence-electron chi connectivity index (χ3n) is 10.3. The lowest BCUT2D eigenvalue weighted by atomic mass is 9.99. The summed E-state index contributed by atoms with van der Waals surface area (Å²) in [5.41, 5.74) is 0. The van der Waals surface area contributed by atoms with Crippen LogP contribution in [0.1, 0.15) is 240 Å². The number of carbonyl (C=O) groups is 3. The molecule has 0 N–H and O–H groups in total. The standard InChI is InChI=1S/C45H86O6/c1-6-8-9-10-11-14-20-25-30-35-43(46)49-38-42(39-50-44(47)36-31-26-22-17-18-23-28-33-40(3)4)51-45(48)37-32-27-21-16-13-12-15-19-24-29-34-41(5)7-2/h40-42H,6-39H2,1-5H3/t41?,42-/m1/s1. The van der Waals surface area contributed by atoms with Gasteiger partial charge in [0.15, 0.2) is 6.10 Å². The van der Waals surface area contributed by atoms with Gasteiger partial charge in [-0.25, -0.2) is 0 Å². The Morgan fingerprint density at radius 2 is 0.745 bits per heavy atom. The number of esters is 3. The second-order valence-electron chi connectivity index (χ2n) is 16.1. The number of carbonyl (C=O) groups excluding carboxylic acids is 3. The molecule has 0 aromatic heterocycles. The van der Waals surface area contributed by atoms with Gasteiger partial charge in [-0.15, -0.1) is 0 Å². The lowest BCUT2D eigenvalue weighted by Gasteiger charge is -2.18. The third-order valence-corrected chi connectivity index (χ3v) is 10.3. The predicted molar refractivity (Wildman–Crippen MR) is 215 cm³/mol. The largest absolute Gasteiger partial charge is 0.462 e. The van der Waals surface area contributed by atoms with Crippen LogP contribution in [0.15, 0.2) is 0 Å². The summed E-state index contributed by atoms with van der Waals surface area (Å²) in [5, 5.41) is 0. The molecule has 0 radical (unpaired) electrons. The van der Waals surface area contributed by atoms with Crippen LogP contribution in [0.3, 0.4) is 0 Å². The molecule has 6 nitrogen and oxygen atoms in total.